The van der Waals surface area contributed by atoms with E-state index in [1.165, 1.54) is 6.07 Å². The van der Waals surface area contributed by atoms with E-state index < -0.39 is 11.7 Å². The summed E-state index contributed by atoms with van der Waals surface area (Å²) < 4.78 is 52.4. The molecule has 198 valence electrons. The molecule has 4 aromatic rings. The van der Waals surface area contributed by atoms with E-state index in [-0.39, 0.29) is 11.9 Å². The lowest BCUT2D eigenvalue weighted by Gasteiger charge is -2.46. The normalized spacial score (nSPS) is 22.0. The highest BCUT2D eigenvalue weighted by Gasteiger charge is 2.38. The number of aromatic nitrogens is 4. The minimum Gasteiger partial charge on any atom is -0.488 e. The molecule has 2 aliphatic rings. The van der Waals surface area contributed by atoms with E-state index >= 15 is 0 Å². The number of anilines is 2. The molecule has 4 aromatic heterocycles. The van der Waals surface area contributed by atoms with Gasteiger partial charge in [-0.1, -0.05) is 0 Å². The van der Waals surface area contributed by atoms with Crippen LogP contribution >= 0.6 is 0 Å². The first-order valence-electron chi connectivity index (χ1n) is 12.5. The van der Waals surface area contributed by atoms with E-state index in [4.69, 9.17) is 9.47 Å². The van der Waals surface area contributed by atoms with Gasteiger partial charge in [0.2, 0.25) is 0 Å². The number of nitrogens with zero attached hydrogens (tertiary/aromatic N) is 5. The number of hydrogen-bond acceptors (Lipinski definition) is 7. The Balaban J connectivity index is 1.24. The molecule has 8 nitrogen and oxygen atoms in total. The van der Waals surface area contributed by atoms with Crippen LogP contribution in [-0.2, 0) is 10.9 Å². The van der Waals surface area contributed by atoms with Crippen molar-refractivity contribution in [3.8, 4) is 16.9 Å². The highest BCUT2D eigenvalue weighted by atomic mass is 19.4. The Labute approximate surface area is 217 Å². The predicted molar refractivity (Wildman–Crippen MR) is 135 cm³/mol. The molecular weight excluding hydrogens is 497 g/mol. The summed E-state index contributed by atoms with van der Waals surface area (Å²) in [6, 6.07) is 10.8. The number of likely N-dealkylation sites (N-methyl/N-ethyl adjacent to an activating group) is 1. The van der Waals surface area contributed by atoms with Gasteiger partial charge in [-0.3, -0.25) is 9.88 Å². The molecule has 6 rings (SSSR count). The molecule has 2 saturated heterocycles. The van der Waals surface area contributed by atoms with Crippen molar-refractivity contribution in [3.63, 3.8) is 0 Å². The first-order valence-corrected chi connectivity index (χ1v) is 12.5. The molecule has 38 heavy (non-hydrogen) atoms. The zero-order valence-electron chi connectivity index (χ0n) is 20.9. The largest absolute Gasteiger partial charge is 0.488 e. The van der Waals surface area contributed by atoms with Gasteiger partial charge in [0, 0.05) is 54.6 Å². The van der Waals surface area contributed by atoms with Gasteiger partial charge in [0.05, 0.1) is 30.5 Å². The summed E-state index contributed by atoms with van der Waals surface area (Å²) >= 11 is 0. The van der Waals surface area contributed by atoms with E-state index in [1.54, 1.807) is 10.7 Å². The second kappa shape index (κ2) is 9.55. The van der Waals surface area contributed by atoms with Gasteiger partial charge in [-0.05, 0) is 49.9 Å². The molecule has 11 heteroatoms. The number of hydrogen-bond donors (Lipinski definition) is 1. The number of pyridine rings is 3. The molecule has 2 aliphatic heterocycles. The van der Waals surface area contributed by atoms with Crippen LogP contribution in [0.5, 0.6) is 5.75 Å². The maximum absolute atomic E-state index is 12.8. The smallest absolute Gasteiger partial charge is 0.417 e. The van der Waals surface area contributed by atoms with Gasteiger partial charge in [-0.15, -0.1) is 0 Å². The van der Waals surface area contributed by atoms with Crippen LogP contribution in [0.4, 0.5) is 24.8 Å². The second-order valence-electron chi connectivity index (χ2n) is 9.91. The Morgan fingerprint density at radius 1 is 1.00 bits per heavy atom. The highest BCUT2D eigenvalue weighted by molar-refractivity contribution is 5.75. The van der Waals surface area contributed by atoms with E-state index in [0.717, 1.165) is 66.4 Å². The minimum atomic E-state index is -4.43. The Hall–Kier alpha value is -3.70. The molecule has 1 N–H and O–H groups in total. The molecule has 0 saturated carbocycles. The predicted octanol–water partition coefficient (Wildman–Crippen LogP) is 5.10. The van der Waals surface area contributed by atoms with Gasteiger partial charge >= 0.3 is 6.18 Å². The third-order valence-electron chi connectivity index (χ3n) is 7.26. The maximum Gasteiger partial charge on any atom is 0.417 e. The second-order valence-corrected chi connectivity index (χ2v) is 9.91. The molecule has 6 heterocycles. The fraction of sp³-hybridized carbons (Fsp3) is 0.370. The number of rotatable bonds is 5. The lowest BCUT2D eigenvalue weighted by molar-refractivity contribution is -0.137. The van der Waals surface area contributed by atoms with Gasteiger partial charge in [0.25, 0.3) is 0 Å². The molecule has 0 radical (unpaired) electrons. The number of fused-ring (bicyclic) bond motifs is 3. The average Bonchev–Trinajstić information content (AvgIpc) is 3.27. The van der Waals surface area contributed by atoms with Crippen molar-refractivity contribution in [2.75, 3.05) is 25.6 Å². The Morgan fingerprint density at radius 3 is 2.50 bits per heavy atom. The van der Waals surface area contributed by atoms with Crippen LogP contribution < -0.4 is 10.1 Å². The average molecular weight is 525 g/mol. The van der Waals surface area contributed by atoms with Crippen molar-refractivity contribution in [1.82, 2.24) is 24.5 Å². The molecule has 1 unspecified atom stereocenters. The van der Waals surface area contributed by atoms with E-state index in [0.29, 0.717) is 17.9 Å². The summed E-state index contributed by atoms with van der Waals surface area (Å²) in [7, 11) is 2.16. The number of ether oxygens (including phenoxy) is 2. The van der Waals surface area contributed by atoms with Crippen LogP contribution in [0.2, 0.25) is 0 Å². The number of morpholine rings is 1. The number of piperidine rings is 1. The molecule has 0 aliphatic carbocycles. The van der Waals surface area contributed by atoms with Gasteiger partial charge < -0.3 is 14.8 Å². The maximum atomic E-state index is 12.8. The van der Waals surface area contributed by atoms with Crippen LogP contribution in [-0.4, -0.2) is 62.9 Å². The van der Waals surface area contributed by atoms with Crippen LogP contribution in [0.25, 0.3) is 16.6 Å². The molecule has 3 atom stereocenters. The summed E-state index contributed by atoms with van der Waals surface area (Å²) in [4.78, 5) is 10.8. The topological polar surface area (TPSA) is 76.8 Å². The SMILES string of the molecule is Cc1cc(-c2ccn3nc(Nc4ccc(C(F)(F)F)cn4)cc3c2)c(OC2C[C@H]3COC[C@@H](C2)N3C)cn1. The number of nitrogens with one attached hydrogen (secondary N) is 1. The van der Waals surface area contributed by atoms with Crippen LogP contribution in [0.15, 0.2) is 55.0 Å². The number of alkyl halides is 3. The van der Waals surface area contributed by atoms with E-state index in [1.807, 2.05) is 37.4 Å². The summed E-state index contributed by atoms with van der Waals surface area (Å²) in [5.74, 6) is 1.48. The molecule has 2 fully saturated rings. The molecule has 0 aromatic carbocycles. The number of halogens is 3. The van der Waals surface area contributed by atoms with Crippen molar-refractivity contribution in [2.45, 2.75) is 44.1 Å². The van der Waals surface area contributed by atoms with E-state index in [9.17, 15) is 13.2 Å². The van der Waals surface area contributed by atoms with Crippen molar-refractivity contribution >= 4 is 17.2 Å². The first kappa shape index (κ1) is 24.6. The van der Waals surface area contributed by atoms with Gasteiger partial charge in [-0.2, -0.15) is 18.3 Å². The van der Waals surface area contributed by atoms with Crippen LogP contribution in [0.1, 0.15) is 24.1 Å². The van der Waals surface area contributed by atoms with Crippen molar-refractivity contribution in [2.24, 2.45) is 0 Å². The van der Waals surface area contributed by atoms with Crippen molar-refractivity contribution < 1.29 is 22.6 Å². The summed E-state index contributed by atoms with van der Waals surface area (Å²) in [5, 5.41) is 7.44. The third-order valence-corrected chi connectivity index (χ3v) is 7.26. The molecule has 0 amide bonds. The van der Waals surface area contributed by atoms with E-state index in [2.05, 4.69) is 32.3 Å². The molecule has 0 spiro atoms. The van der Waals surface area contributed by atoms with Crippen molar-refractivity contribution in [3.05, 3.63) is 66.2 Å². The molecular formula is C27H27F3N6O2. The highest BCUT2D eigenvalue weighted by Crippen LogP contribution is 2.35. The fourth-order valence-corrected chi connectivity index (χ4v) is 5.18. The summed E-state index contributed by atoms with van der Waals surface area (Å²) in [6.45, 7) is 3.39. The summed E-state index contributed by atoms with van der Waals surface area (Å²) in [5.41, 5.74) is 2.78. The Bertz CT molecular complexity index is 1440. The Kier molecular flexibility index (Phi) is 6.19. The van der Waals surface area contributed by atoms with Crippen LogP contribution in [0.3, 0.4) is 0 Å². The standard InChI is InChI=1S/C27H27F3N6O2/c1-16-7-23(24(13-31-16)38-22-9-20-14-37-15-21(10-22)35(20)2)17-5-6-36-19(8-17)11-26(34-36)33-25-4-3-18(12-32-25)27(28,29)30/h3-8,11-13,20-22H,9-10,14-15H2,1-2H3,(H,32,33,34)/t20-,21+,22?. The Morgan fingerprint density at radius 2 is 1.79 bits per heavy atom. The van der Waals surface area contributed by atoms with Crippen molar-refractivity contribution in [1.29, 1.82) is 0 Å². The molecule has 2 bridgehead atoms. The summed E-state index contributed by atoms with van der Waals surface area (Å²) in [6.07, 6.45) is 1.88. The third kappa shape index (κ3) is 4.91. The lowest BCUT2D eigenvalue weighted by Crippen LogP contribution is -2.57. The number of aryl methyl sites for hydroxylation is 1. The monoisotopic (exact) mass is 524 g/mol. The van der Waals surface area contributed by atoms with Crippen LogP contribution in [0, 0.1) is 6.92 Å². The van der Waals surface area contributed by atoms with Gasteiger partial charge in [0.1, 0.15) is 17.7 Å². The fourth-order valence-electron chi connectivity index (χ4n) is 5.18. The van der Waals surface area contributed by atoms with Gasteiger partial charge in [-0.25, -0.2) is 9.50 Å². The van der Waals surface area contributed by atoms with Gasteiger partial charge in [0.15, 0.2) is 5.82 Å². The zero-order valence-corrected chi connectivity index (χ0v) is 20.9. The lowest BCUT2D eigenvalue weighted by atomic mass is 9.92. The zero-order chi connectivity index (χ0) is 26.4. The quantitative estimate of drug-likeness (QED) is 0.389. The first-order chi connectivity index (χ1) is 18.2. The minimum absolute atomic E-state index is 0.0825.